The standard InChI is InChI=1S/C21H16N4O2/c22-13-14-3-1-5-18(11-14)24-20(26)15-7-9-16(10-8-15)21(27)25-19-6-2-4-17(23)12-19/h1-12H,23H2,(H,24,26)(H,25,27). The Morgan fingerprint density at radius 2 is 1.30 bits per heavy atom. The molecule has 132 valence electrons. The van der Waals surface area contributed by atoms with E-state index in [1.54, 1.807) is 72.8 Å². The molecule has 3 aromatic carbocycles. The van der Waals surface area contributed by atoms with Gasteiger partial charge in [0.25, 0.3) is 11.8 Å². The summed E-state index contributed by atoms with van der Waals surface area (Å²) in [5.41, 5.74) is 8.65. The molecule has 0 radical (unpaired) electrons. The molecular weight excluding hydrogens is 340 g/mol. The number of hydrogen-bond donors (Lipinski definition) is 3. The van der Waals surface area contributed by atoms with E-state index in [1.165, 1.54) is 0 Å². The quantitative estimate of drug-likeness (QED) is 0.620. The Labute approximate surface area is 156 Å². The first kappa shape index (κ1) is 17.7. The predicted molar refractivity (Wildman–Crippen MR) is 104 cm³/mol. The molecule has 0 spiro atoms. The molecule has 0 aliphatic heterocycles. The average molecular weight is 356 g/mol. The summed E-state index contributed by atoms with van der Waals surface area (Å²) in [6.07, 6.45) is 0. The van der Waals surface area contributed by atoms with E-state index in [2.05, 4.69) is 10.6 Å². The summed E-state index contributed by atoms with van der Waals surface area (Å²) in [7, 11) is 0. The fraction of sp³-hybridized carbons (Fsp3) is 0. The number of anilines is 3. The summed E-state index contributed by atoms with van der Waals surface area (Å²) in [6.45, 7) is 0. The minimum Gasteiger partial charge on any atom is -0.399 e. The third kappa shape index (κ3) is 4.50. The van der Waals surface area contributed by atoms with E-state index in [0.717, 1.165) is 0 Å². The zero-order valence-corrected chi connectivity index (χ0v) is 14.3. The number of nitrogen functional groups attached to an aromatic ring is 1. The van der Waals surface area contributed by atoms with Crippen molar-refractivity contribution in [2.45, 2.75) is 0 Å². The van der Waals surface area contributed by atoms with Crippen LogP contribution in [0.4, 0.5) is 17.1 Å². The lowest BCUT2D eigenvalue weighted by atomic mass is 10.1. The van der Waals surface area contributed by atoms with Crippen LogP contribution in [0.3, 0.4) is 0 Å². The minimum absolute atomic E-state index is 0.297. The van der Waals surface area contributed by atoms with Gasteiger partial charge in [-0.3, -0.25) is 9.59 Å². The lowest BCUT2D eigenvalue weighted by Crippen LogP contribution is -2.14. The normalized spacial score (nSPS) is 9.89. The van der Waals surface area contributed by atoms with E-state index in [0.29, 0.717) is 33.8 Å². The Morgan fingerprint density at radius 3 is 1.81 bits per heavy atom. The van der Waals surface area contributed by atoms with Crippen molar-refractivity contribution in [3.8, 4) is 6.07 Å². The predicted octanol–water partition coefficient (Wildman–Crippen LogP) is 3.65. The Hall–Kier alpha value is -4.11. The van der Waals surface area contributed by atoms with Crippen LogP contribution in [0.1, 0.15) is 26.3 Å². The van der Waals surface area contributed by atoms with E-state index in [4.69, 9.17) is 11.0 Å². The lowest BCUT2D eigenvalue weighted by Gasteiger charge is -2.08. The van der Waals surface area contributed by atoms with Crippen LogP contribution in [-0.4, -0.2) is 11.8 Å². The van der Waals surface area contributed by atoms with Gasteiger partial charge in [-0.1, -0.05) is 12.1 Å². The van der Waals surface area contributed by atoms with Gasteiger partial charge in [-0.05, 0) is 60.7 Å². The van der Waals surface area contributed by atoms with E-state index >= 15 is 0 Å². The van der Waals surface area contributed by atoms with Crippen molar-refractivity contribution < 1.29 is 9.59 Å². The molecular formula is C21H16N4O2. The molecule has 6 heteroatoms. The Morgan fingerprint density at radius 1 is 0.778 bits per heavy atom. The number of nitrogens with two attached hydrogens (primary N) is 1. The van der Waals surface area contributed by atoms with Crippen molar-refractivity contribution in [3.63, 3.8) is 0 Å². The highest BCUT2D eigenvalue weighted by molar-refractivity contribution is 6.07. The first-order valence-electron chi connectivity index (χ1n) is 8.13. The van der Waals surface area contributed by atoms with Gasteiger partial charge >= 0.3 is 0 Å². The number of amides is 2. The zero-order valence-electron chi connectivity index (χ0n) is 14.3. The second-order valence-electron chi connectivity index (χ2n) is 5.80. The molecule has 27 heavy (non-hydrogen) atoms. The second kappa shape index (κ2) is 7.85. The van der Waals surface area contributed by atoms with Crippen LogP contribution < -0.4 is 16.4 Å². The molecule has 0 heterocycles. The second-order valence-corrected chi connectivity index (χ2v) is 5.80. The summed E-state index contributed by atoms with van der Waals surface area (Å²) in [4.78, 5) is 24.6. The number of nitrogens with zero attached hydrogens (tertiary/aromatic N) is 1. The smallest absolute Gasteiger partial charge is 0.255 e. The lowest BCUT2D eigenvalue weighted by molar-refractivity contribution is 0.101. The van der Waals surface area contributed by atoms with Crippen molar-refractivity contribution >= 4 is 28.9 Å². The van der Waals surface area contributed by atoms with Crippen LogP contribution >= 0.6 is 0 Å². The van der Waals surface area contributed by atoms with Gasteiger partial charge in [0, 0.05) is 28.2 Å². The van der Waals surface area contributed by atoms with Crippen LogP contribution in [0.5, 0.6) is 0 Å². The van der Waals surface area contributed by atoms with Gasteiger partial charge in [0.2, 0.25) is 0 Å². The van der Waals surface area contributed by atoms with Gasteiger partial charge in [-0.2, -0.15) is 5.26 Å². The average Bonchev–Trinajstić information content (AvgIpc) is 2.68. The van der Waals surface area contributed by atoms with Crippen LogP contribution in [0.2, 0.25) is 0 Å². The van der Waals surface area contributed by atoms with Gasteiger partial charge in [0.1, 0.15) is 0 Å². The highest BCUT2D eigenvalue weighted by atomic mass is 16.2. The van der Waals surface area contributed by atoms with Crippen molar-refractivity contribution in [2.75, 3.05) is 16.4 Å². The SMILES string of the molecule is N#Cc1cccc(NC(=O)c2ccc(C(=O)Nc3cccc(N)c3)cc2)c1. The van der Waals surface area contributed by atoms with Gasteiger partial charge in [-0.25, -0.2) is 0 Å². The highest BCUT2D eigenvalue weighted by Gasteiger charge is 2.10. The van der Waals surface area contributed by atoms with Gasteiger partial charge in [0.05, 0.1) is 11.6 Å². The molecule has 0 aromatic heterocycles. The van der Waals surface area contributed by atoms with Crippen LogP contribution in [0.25, 0.3) is 0 Å². The number of carbonyl (C=O) groups excluding carboxylic acids is 2. The topological polar surface area (TPSA) is 108 Å². The Balaban J connectivity index is 1.68. The van der Waals surface area contributed by atoms with Crippen molar-refractivity contribution in [2.24, 2.45) is 0 Å². The number of benzene rings is 3. The fourth-order valence-corrected chi connectivity index (χ4v) is 2.46. The number of carbonyl (C=O) groups is 2. The number of hydrogen-bond acceptors (Lipinski definition) is 4. The molecule has 0 fully saturated rings. The van der Waals surface area contributed by atoms with Gasteiger partial charge < -0.3 is 16.4 Å². The van der Waals surface area contributed by atoms with Crippen molar-refractivity contribution in [3.05, 3.63) is 89.5 Å². The van der Waals surface area contributed by atoms with E-state index in [-0.39, 0.29) is 11.8 Å². The molecule has 0 aliphatic rings. The molecule has 0 atom stereocenters. The largest absolute Gasteiger partial charge is 0.399 e. The Kier molecular flexibility index (Phi) is 5.15. The van der Waals surface area contributed by atoms with Crippen LogP contribution in [0.15, 0.2) is 72.8 Å². The first-order chi connectivity index (χ1) is 13.0. The van der Waals surface area contributed by atoms with Crippen LogP contribution in [-0.2, 0) is 0 Å². The molecule has 6 nitrogen and oxygen atoms in total. The molecule has 0 saturated heterocycles. The zero-order chi connectivity index (χ0) is 19.2. The maximum Gasteiger partial charge on any atom is 0.255 e. The third-order valence-corrected chi connectivity index (χ3v) is 3.80. The Bertz CT molecular complexity index is 1040. The van der Waals surface area contributed by atoms with Crippen molar-refractivity contribution in [1.29, 1.82) is 5.26 Å². The summed E-state index contributed by atoms with van der Waals surface area (Å²) in [5.74, 6) is -0.623. The maximum atomic E-state index is 12.3. The molecule has 2 amide bonds. The molecule has 0 bridgehead atoms. The van der Waals surface area contributed by atoms with E-state index in [1.807, 2.05) is 6.07 Å². The molecule has 0 saturated carbocycles. The minimum atomic E-state index is -0.326. The molecule has 4 N–H and O–H groups in total. The molecule has 0 unspecified atom stereocenters. The van der Waals surface area contributed by atoms with E-state index in [9.17, 15) is 9.59 Å². The summed E-state index contributed by atoms with van der Waals surface area (Å²) in [6, 6.07) is 21.8. The molecule has 0 aliphatic carbocycles. The molecule has 3 aromatic rings. The van der Waals surface area contributed by atoms with Gasteiger partial charge in [-0.15, -0.1) is 0 Å². The summed E-state index contributed by atoms with van der Waals surface area (Å²) in [5, 5.41) is 14.4. The number of rotatable bonds is 4. The number of nitrogens with one attached hydrogen (secondary N) is 2. The molecule has 3 rings (SSSR count). The van der Waals surface area contributed by atoms with Gasteiger partial charge in [0.15, 0.2) is 0 Å². The fourth-order valence-electron chi connectivity index (χ4n) is 2.46. The maximum absolute atomic E-state index is 12.3. The van der Waals surface area contributed by atoms with E-state index < -0.39 is 0 Å². The number of nitriles is 1. The highest BCUT2D eigenvalue weighted by Crippen LogP contribution is 2.15. The van der Waals surface area contributed by atoms with Crippen LogP contribution in [0, 0.1) is 11.3 Å². The monoisotopic (exact) mass is 356 g/mol. The third-order valence-electron chi connectivity index (χ3n) is 3.80. The summed E-state index contributed by atoms with van der Waals surface area (Å²) < 4.78 is 0. The first-order valence-corrected chi connectivity index (χ1v) is 8.13. The van der Waals surface area contributed by atoms with Crippen molar-refractivity contribution in [1.82, 2.24) is 0 Å². The summed E-state index contributed by atoms with van der Waals surface area (Å²) >= 11 is 0.